The van der Waals surface area contributed by atoms with E-state index in [1.54, 1.807) is 0 Å². The molecule has 0 aromatic heterocycles. The summed E-state index contributed by atoms with van der Waals surface area (Å²) in [4.78, 5) is 10.9. The summed E-state index contributed by atoms with van der Waals surface area (Å²) in [6.45, 7) is -1.45. The first-order chi connectivity index (χ1) is 7.33. The van der Waals surface area contributed by atoms with Gasteiger partial charge in [0.15, 0.2) is 0 Å². The minimum Gasteiger partial charge on any atom is -0.306 e. The SMILES string of the molecule is O=CN(CC(F)(F)F)c1ccc(F)c(Cl)c1. The van der Waals surface area contributed by atoms with Crippen LogP contribution in [0.2, 0.25) is 5.02 Å². The lowest BCUT2D eigenvalue weighted by Crippen LogP contribution is -2.33. The van der Waals surface area contributed by atoms with Gasteiger partial charge in [-0.2, -0.15) is 13.2 Å². The van der Waals surface area contributed by atoms with Gasteiger partial charge in [-0.15, -0.1) is 0 Å². The Kier molecular flexibility index (Phi) is 3.74. The van der Waals surface area contributed by atoms with E-state index >= 15 is 0 Å². The zero-order valence-electron chi connectivity index (χ0n) is 7.76. The minimum atomic E-state index is -4.53. The number of carbonyl (C=O) groups excluding carboxylic acids is 1. The summed E-state index contributed by atoms with van der Waals surface area (Å²) < 4.78 is 48.9. The van der Waals surface area contributed by atoms with Crippen molar-refractivity contribution >= 4 is 23.7 Å². The Bertz CT molecular complexity index is 394. The van der Waals surface area contributed by atoms with Gasteiger partial charge in [-0.3, -0.25) is 4.79 Å². The first kappa shape index (κ1) is 12.8. The summed E-state index contributed by atoms with van der Waals surface area (Å²) in [6, 6.07) is 2.89. The Hall–Kier alpha value is -1.30. The molecule has 0 aliphatic heterocycles. The highest BCUT2D eigenvalue weighted by Crippen LogP contribution is 2.25. The normalized spacial score (nSPS) is 11.3. The van der Waals surface area contributed by atoms with Gasteiger partial charge < -0.3 is 4.90 Å². The van der Waals surface area contributed by atoms with Gasteiger partial charge in [-0.05, 0) is 18.2 Å². The number of halogens is 5. The van der Waals surface area contributed by atoms with Crippen LogP contribution in [0.4, 0.5) is 23.2 Å². The van der Waals surface area contributed by atoms with Crippen molar-refractivity contribution < 1.29 is 22.4 Å². The molecule has 0 saturated carbocycles. The Morgan fingerprint density at radius 1 is 1.38 bits per heavy atom. The number of nitrogens with zero attached hydrogens (tertiary/aromatic N) is 1. The molecular formula is C9H6ClF4NO. The molecule has 0 aliphatic carbocycles. The number of carbonyl (C=O) groups is 1. The van der Waals surface area contributed by atoms with Crippen molar-refractivity contribution in [3.8, 4) is 0 Å². The summed E-state index contributed by atoms with van der Waals surface area (Å²) in [7, 11) is 0. The third-order valence-corrected chi connectivity index (χ3v) is 2.00. The van der Waals surface area contributed by atoms with Crippen LogP contribution in [-0.4, -0.2) is 19.1 Å². The second-order valence-electron chi connectivity index (χ2n) is 2.95. The van der Waals surface area contributed by atoms with Gasteiger partial charge in [-0.1, -0.05) is 11.6 Å². The monoisotopic (exact) mass is 255 g/mol. The molecule has 1 aromatic carbocycles. The van der Waals surface area contributed by atoms with Crippen molar-refractivity contribution in [2.45, 2.75) is 6.18 Å². The van der Waals surface area contributed by atoms with Crippen LogP contribution in [0.1, 0.15) is 0 Å². The maximum atomic E-state index is 12.7. The average Bonchev–Trinajstić information content (AvgIpc) is 2.17. The highest BCUT2D eigenvalue weighted by Gasteiger charge is 2.31. The fourth-order valence-corrected chi connectivity index (χ4v) is 1.22. The van der Waals surface area contributed by atoms with Crippen molar-refractivity contribution in [2.24, 2.45) is 0 Å². The molecule has 1 rings (SSSR count). The molecule has 0 atom stereocenters. The Labute approximate surface area is 93.4 Å². The molecule has 0 aliphatic rings. The molecule has 0 fully saturated rings. The van der Waals surface area contributed by atoms with E-state index in [9.17, 15) is 22.4 Å². The number of rotatable bonds is 3. The third kappa shape index (κ3) is 3.37. The van der Waals surface area contributed by atoms with Crippen LogP contribution in [0.5, 0.6) is 0 Å². The van der Waals surface area contributed by atoms with Crippen LogP contribution in [0, 0.1) is 5.82 Å². The largest absolute Gasteiger partial charge is 0.406 e. The molecule has 7 heteroatoms. The topological polar surface area (TPSA) is 20.3 Å². The Morgan fingerprint density at radius 2 is 2.00 bits per heavy atom. The molecule has 0 saturated heterocycles. The zero-order valence-corrected chi connectivity index (χ0v) is 8.52. The maximum Gasteiger partial charge on any atom is 0.406 e. The lowest BCUT2D eigenvalue weighted by molar-refractivity contribution is -0.126. The van der Waals surface area contributed by atoms with E-state index in [1.165, 1.54) is 0 Å². The van der Waals surface area contributed by atoms with Crippen molar-refractivity contribution in [3.05, 3.63) is 29.0 Å². The van der Waals surface area contributed by atoms with Gasteiger partial charge in [0.1, 0.15) is 12.4 Å². The molecule has 0 heterocycles. The lowest BCUT2D eigenvalue weighted by atomic mass is 10.3. The van der Waals surface area contributed by atoms with Gasteiger partial charge in [0.05, 0.1) is 5.02 Å². The average molecular weight is 256 g/mol. The molecule has 88 valence electrons. The van der Waals surface area contributed by atoms with E-state index in [-0.39, 0.29) is 17.1 Å². The quantitative estimate of drug-likeness (QED) is 0.601. The van der Waals surface area contributed by atoms with E-state index in [2.05, 4.69) is 0 Å². The maximum absolute atomic E-state index is 12.7. The van der Waals surface area contributed by atoms with Crippen molar-refractivity contribution in [2.75, 3.05) is 11.4 Å². The fourth-order valence-electron chi connectivity index (χ4n) is 1.05. The van der Waals surface area contributed by atoms with Crippen LogP contribution in [0.15, 0.2) is 18.2 Å². The first-order valence-electron chi connectivity index (χ1n) is 4.07. The van der Waals surface area contributed by atoms with Crippen molar-refractivity contribution in [3.63, 3.8) is 0 Å². The second-order valence-corrected chi connectivity index (χ2v) is 3.35. The van der Waals surface area contributed by atoms with Gasteiger partial charge in [-0.25, -0.2) is 4.39 Å². The molecule has 16 heavy (non-hydrogen) atoms. The Balaban J connectivity index is 2.96. The molecule has 0 unspecified atom stereocenters. The predicted octanol–water partition coefficient (Wildman–Crippen LogP) is 3.00. The van der Waals surface area contributed by atoms with Crippen LogP contribution in [0.25, 0.3) is 0 Å². The number of benzene rings is 1. The lowest BCUT2D eigenvalue weighted by Gasteiger charge is -2.19. The van der Waals surface area contributed by atoms with E-state index in [1.807, 2.05) is 0 Å². The summed E-state index contributed by atoms with van der Waals surface area (Å²) in [6.07, 6.45) is -4.52. The summed E-state index contributed by atoms with van der Waals surface area (Å²) in [5.74, 6) is -0.761. The van der Waals surface area contributed by atoms with Gasteiger partial charge >= 0.3 is 6.18 Å². The highest BCUT2D eigenvalue weighted by atomic mass is 35.5. The van der Waals surface area contributed by atoms with E-state index in [4.69, 9.17) is 11.6 Å². The van der Waals surface area contributed by atoms with Crippen LogP contribution in [0.3, 0.4) is 0 Å². The van der Waals surface area contributed by atoms with Crippen molar-refractivity contribution in [1.82, 2.24) is 0 Å². The molecule has 2 nitrogen and oxygen atoms in total. The predicted molar refractivity (Wildman–Crippen MR) is 50.9 cm³/mol. The van der Waals surface area contributed by atoms with E-state index in [0.717, 1.165) is 18.2 Å². The van der Waals surface area contributed by atoms with E-state index < -0.39 is 18.5 Å². The van der Waals surface area contributed by atoms with Gasteiger partial charge in [0.2, 0.25) is 6.41 Å². The molecule has 0 spiro atoms. The number of hydrogen-bond acceptors (Lipinski definition) is 1. The molecule has 0 radical (unpaired) electrons. The van der Waals surface area contributed by atoms with Crippen LogP contribution in [-0.2, 0) is 4.79 Å². The molecule has 0 bridgehead atoms. The smallest absolute Gasteiger partial charge is 0.306 e. The highest BCUT2D eigenvalue weighted by molar-refractivity contribution is 6.31. The standard InChI is InChI=1S/C9H6ClF4NO/c10-7-3-6(1-2-8(7)11)15(5-16)4-9(12,13)14/h1-3,5H,4H2. The number of amides is 1. The number of anilines is 1. The third-order valence-electron chi connectivity index (χ3n) is 1.71. The zero-order chi connectivity index (χ0) is 12.3. The fraction of sp³-hybridized carbons (Fsp3) is 0.222. The van der Waals surface area contributed by atoms with E-state index in [0.29, 0.717) is 4.90 Å². The Morgan fingerprint density at radius 3 is 2.44 bits per heavy atom. The summed E-state index contributed by atoms with van der Waals surface area (Å²) in [5, 5.41) is -0.341. The van der Waals surface area contributed by atoms with Crippen LogP contribution >= 0.6 is 11.6 Å². The number of alkyl halides is 3. The molecule has 1 amide bonds. The van der Waals surface area contributed by atoms with Gasteiger partial charge in [0.25, 0.3) is 0 Å². The molecule has 0 N–H and O–H groups in total. The summed E-state index contributed by atoms with van der Waals surface area (Å²) >= 11 is 5.39. The molecular weight excluding hydrogens is 250 g/mol. The first-order valence-corrected chi connectivity index (χ1v) is 4.45. The van der Waals surface area contributed by atoms with Gasteiger partial charge in [0, 0.05) is 5.69 Å². The van der Waals surface area contributed by atoms with Crippen molar-refractivity contribution in [1.29, 1.82) is 0 Å². The summed E-state index contributed by atoms with van der Waals surface area (Å²) in [5.41, 5.74) is -0.112. The minimum absolute atomic E-state index is 0.0110. The number of hydrogen-bond donors (Lipinski definition) is 0. The molecule has 1 aromatic rings. The van der Waals surface area contributed by atoms with Crippen LogP contribution < -0.4 is 4.90 Å². The second kappa shape index (κ2) is 4.69.